The van der Waals surface area contributed by atoms with E-state index in [-0.39, 0.29) is 5.91 Å². The van der Waals surface area contributed by atoms with Crippen molar-refractivity contribution in [3.8, 4) is 0 Å². The number of rotatable bonds is 7. The van der Waals surface area contributed by atoms with Gasteiger partial charge in [-0.25, -0.2) is 0 Å². The summed E-state index contributed by atoms with van der Waals surface area (Å²) < 4.78 is 7.39. The van der Waals surface area contributed by atoms with Crippen molar-refractivity contribution in [3.05, 3.63) is 30.0 Å². The van der Waals surface area contributed by atoms with Gasteiger partial charge < -0.3 is 14.3 Å². The van der Waals surface area contributed by atoms with Crippen LogP contribution in [0.4, 0.5) is 0 Å². The molecule has 2 aromatic rings. The molecule has 0 saturated heterocycles. The van der Waals surface area contributed by atoms with Gasteiger partial charge in [-0.05, 0) is 37.7 Å². The number of nitrogens with zero attached hydrogens (tertiary/aromatic N) is 3. The summed E-state index contributed by atoms with van der Waals surface area (Å²) >= 11 is 1.65. The molecule has 0 spiro atoms. The number of carbonyl (C=O) groups excluding carboxylic acids is 1. The molecule has 7 heteroatoms. The van der Waals surface area contributed by atoms with Crippen LogP contribution in [0.2, 0.25) is 0 Å². The highest BCUT2D eigenvalue weighted by Crippen LogP contribution is 2.33. The summed E-state index contributed by atoms with van der Waals surface area (Å²) in [5, 5.41) is 12.5. The molecule has 1 amide bonds. The molecule has 1 aliphatic carbocycles. The molecule has 6 nitrogen and oxygen atoms in total. The smallest absolute Gasteiger partial charge is 0.286 e. The average molecular weight is 334 g/mol. The fraction of sp³-hybridized carbons (Fsp3) is 0.562. The summed E-state index contributed by atoms with van der Waals surface area (Å²) in [6.45, 7) is 0.603. The molecule has 1 fully saturated rings. The zero-order valence-corrected chi connectivity index (χ0v) is 14.1. The Morgan fingerprint density at radius 1 is 1.43 bits per heavy atom. The Kier molecular flexibility index (Phi) is 5.38. The Labute approximate surface area is 140 Å². The van der Waals surface area contributed by atoms with Crippen LogP contribution in [0.25, 0.3) is 0 Å². The van der Waals surface area contributed by atoms with Crippen LogP contribution in [0.15, 0.2) is 28.0 Å². The van der Waals surface area contributed by atoms with Crippen molar-refractivity contribution in [2.75, 3.05) is 12.8 Å². The van der Waals surface area contributed by atoms with Crippen molar-refractivity contribution >= 4 is 17.7 Å². The number of aromatic nitrogens is 3. The first kappa shape index (κ1) is 16.1. The third-order valence-electron chi connectivity index (χ3n) is 4.22. The van der Waals surface area contributed by atoms with E-state index in [1.54, 1.807) is 23.9 Å². The molecular weight excluding hydrogens is 312 g/mol. The lowest BCUT2D eigenvalue weighted by Gasteiger charge is -2.16. The maximum Gasteiger partial charge on any atom is 0.286 e. The number of amides is 1. The molecule has 1 N–H and O–H groups in total. The van der Waals surface area contributed by atoms with Gasteiger partial charge in [-0.2, -0.15) is 0 Å². The average Bonchev–Trinajstić information content (AvgIpc) is 3.32. The highest BCUT2D eigenvalue weighted by molar-refractivity contribution is 7.98. The van der Waals surface area contributed by atoms with Gasteiger partial charge in [0.1, 0.15) is 5.82 Å². The third kappa shape index (κ3) is 3.77. The first-order chi connectivity index (χ1) is 11.3. The van der Waals surface area contributed by atoms with Gasteiger partial charge in [0.05, 0.1) is 6.26 Å². The minimum Gasteiger partial charge on any atom is -0.459 e. The Bertz CT molecular complexity index is 633. The first-order valence-electron chi connectivity index (χ1n) is 8.09. The Morgan fingerprint density at radius 3 is 2.96 bits per heavy atom. The second-order valence-electron chi connectivity index (χ2n) is 5.75. The van der Waals surface area contributed by atoms with Crippen LogP contribution in [0.1, 0.15) is 54.5 Å². The zero-order chi connectivity index (χ0) is 16.1. The van der Waals surface area contributed by atoms with E-state index in [0.717, 1.165) is 23.8 Å². The molecule has 124 valence electrons. The predicted octanol–water partition coefficient (Wildman–Crippen LogP) is 3.07. The van der Waals surface area contributed by atoms with E-state index in [0.29, 0.717) is 18.3 Å². The third-order valence-corrected chi connectivity index (χ3v) is 4.86. The number of thioether (sulfide) groups is 1. The van der Waals surface area contributed by atoms with Gasteiger partial charge in [-0.15, -0.1) is 10.2 Å². The molecule has 23 heavy (non-hydrogen) atoms. The standard InChI is InChI=1S/C16H22N4O2S/c1-23-16-19-18-14(20(16)12-6-2-3-7-12)9-4-10-17-15(21)13-8-5-11-22-13/h5,8,11-12H,2-4,6-7,9-10H2,1H3,(H,17,21). The molecule has 2 aromatic heterocycles. The summed E-state index contributed by atoms with van der Waals surface area (Å²) in [4.78, 5) is 11.8. The van der Waals surface area contributed by atoms with Crippen molar-refractivity contribution in [3.63, 3.8) is 0 Å². The lowest BCUT2D eigenvalue weighted by Crippen LogP contribution is -2.24. The SMILES string of the molecule is CSc1nnc(CCCNC(=O)c2ccco2)n1C1CCCC1. The van der Waals surface area contributed by atoms with Gasteiger partial charge in [0.25, 0.3) is 5.91 Å². The molecule has 0 atom stereocenters. The van der Waals surface area contributed by atoms with Gasteiger partial charge in [0, 0.05) is 19.0 Å². The van der Waals surface area contributed by atoms with Crippen LogP contribution in [0, 0.1) is 0 Å². The molecule has 0 radical (unpaired) electrons. The summed E-state index contributed by atoms with van der Waals surface area (Å²) in [7, 11) is 0. The minimum absolute atomic E-state index is 0.169. The predicted molar refractivity (Wildman–Crippen MR) is 88.7 cm³/mol. The van der Waals surface area contributed by atoms with E-state index < -0.39 is 0 Å². The molecule has 1 saturated carbocycles. The molecule has 0 aliphatic heterocycles. The fourth-order valence-corrected chi connectivity index (χ4v) is 3.66. The van der Waals surface area contributed by atoms with Gasteiger partial charge in [-0.1, -0.05) is 24.6 Å². The lowest BCUT2D eigenvalue weighted by atomic mass is 10.2. The van der Waals surface area contributed by atoms with Gasteiger partial charge in [0.15, 0.2) is 10.9 Å². The summed E-state index contributed by atoms with van der Waals surface area (Å²) in [5.41, 5.74) is 0. The number of aryl methyl sites for hydroxylation is 1. The maximum atomic E-state index is 11.8. The monoisotopic (exact) mass is 334 g/mol. The van der Waals surface area contributed by atoms with Crippen molar-refractivity contribution in [1.29, 1.82) is 0 Å². The van der Waals surface area contributed by atoms with E-state index in [1.807, 2.05) is 6.26 Å². The number of furan rings is 1. The quantitative estimate of drug-likeness (QED) is 0.622. The lowest BCUT2D eigenvalue weighted by molar-refractivity contribution is 0.0925. The highest BCUT2D eigenvalue weighted by atomic mass is 32.2. The molecule has 3 rings (SSSR count). The van der Waals surface area contributed by atoms with Gasteiger partial charge in [-0.3, -0.25) is 4.79 Å². The number of carbonyl (C=O) groups is 1. The number of nitrogens with one attached hydrogen (secondary N) is 1. The largest absolute Gasteiger partial charge is 0.459 e. The molecule has 1 aliphatic rings. The maximum absolute atomic E-state index is 11.8. The van der Waals surface area contributed by atoms with E-state index >= 15 is 0 Å². The topological polar surface area (TPSA) is 73.0 Å². The minimum atomic E-state index is -0.169. The van der Waals surface area contributed by atoms with Crippen molar-refractivity contribution < 1.29 is 9.21 Å². The van der Waals surface area contributed by atoms with E-state index in [4.69, 9.17) is 4.42 Å². The zero-order valence-electron chi connectivity index (χ0n) is 13.3. The fourth-order valence-electron chi connectivity index (χ4n) is 3.09. The summed E-state index contributed by atoms with van der Waals surface area (Å²) in [5.74, 6) is 1.22. The molecular formula is C16H22N4O2S. The number of hydrogen-bond donors (Lipinski definition) is 1. The Hall–Kier alpha value is -1.76. The number of hydrogen-bond acceptors (Lipinski definition) is 5. The molecule has 0 aromatic carbocycles. The van der Waals surface area contributed by atoms with Crippen molar-refractivity contribution in [1.82, 2.24) is 20.1 Å². The van der Waals surface area contributed by atoms with E-state index in [1.165, 1.54) is 31.9 Å². The van der Waals surface area contributed by atoms with E-state index in [9.17, 15) is 4.79 Å². The summed E-state index contributed by atoms with van der Waals surface area (Å²) in [6, 6.07) is 3.92. The van der Waals surface area contributed by atoms with Crippen LogP contribution in [-0.4, -0.2) is 33.5 Å². The summed E-state index contributed by atoms with van der Waals surface area (Å²) in [6.07, 6.45) is 10.2. The Balaban J connectivity index is 1.54. The van der Waals surface area contributed by atoms with Crippen LogP contribution in [0.5, 0.6) is 0 Å². The van der Waals surface area contributed by atoms with Gasteiger partial charge in [0.2, 0.25) is 0 Å². The van der Waals surface area contributed by atoms with Gasteiger partial charge >= 0.3 is 0 Å². The van der Waals surface area contributed by atoms with E-state index in [2.05, 4.69) is 20.1 Å². The second-order valence-corrected chi connectivity index (χ2v) is 6.52. The van der Waals surface area contributed by atoms with Crippen LogP contribution < -0.4 is 5.32 Å². The van der Waals surface area contributed by atoms with Crippen LogP contribution in [-0.2, 0) is 6.42 Å². The van der Waals surface area contributed by atoms with Crippen molar-refractivity contribution in [2.45, 2.75) is 49.7 Å². The first-order valence-corrected chi connectivity index (χ1v) is 9.31. The molecule has 0 unspecified atom stereocenters. The molecule has 0 bridgehead atoms. The van der Waals surface area contributed by atoms with Crippen LogP contribution >= 0.6 is 11.8 Å². The van der Waals surface area contributed by atoms with Crippen LogP contribution in [0.3, 0.4) is 0 Å². The highest BCUT2D eigenvalue weighted by Gasteiger charge is 2.23. The normalized spacial score (nSPS) is 15.2. The second kappa shape index (κ2) is 7.68. The van der Waals surface area contributed by atoms with Crippen molar-refractivity contribution in [2.24, 2.45) is 0 Å². The molecule has 2 heterocycles. The Morgan fingerprint density at radius 2 is 2.26 bits per heavy atom.